The Morgan fingerprint density at radius 3 is 2.50 bits per heavy atom. The highest BCUT2D eigenvalue weighted by molar-refractivity contribution is 5.95. The Kier molecular flexibility index (Phi) is 3.92. The van der Waals surface area contributed by atoms with Crippen molar-refractivity contribution in [1.29, 1.82) is 0 Å². The number of carbonyl (C=O) groups is 1. The summed E-state index contributed by atoms with van der Waals surface area (Å²) in [6.07, 6.45) is 0. The molecule has 1 amide bonds. The van der Waals surface area contributed by atoms with Crippen LogP contribution in [-0.2, 0) is 0 Å². The molecule has 0 saturated carbocycles. The molecule has 0 spiro atoms. The Morgan fingerprint density at radius 2 is 2.05 bits per heavy atom. The van der Waals surface area contributed by atoms with Crippen LogP contribution >= 0.6 is 0 Å². The van der Waals surface area contributed by atoms with Crippen molar-refractivity contribution in [2.45, 2.75) is 40.7 Å². The smallest absolute Gasteiger partial charge is 0.255 e. The maximum absolute atomic E-state index is 12.3. The molecule has 0 aromatic carbocycles. The zero-order valence-corrected chi connectivity index (χ0v) is 12.4. The molecule has 2 heterocycles. The molecule has 2 rings (SSSR count). The van der Waals surface area contributed by atoms with Crippen LogP contribution in [-0.4, -0.2) is 21.1 Å². The van der Waals surface area contributed by atoms with Gasteiger partial charge in [-0.25, -0.2) is 4.98 Å². The molecule has 1 atom stereocenters. The quantitative estimate of drug-likeness (QED) is 0.898. The summed E-state index contributed by atoms with van der Waals surface area (Å²) in [5.74, 6) is 2.69. The van der Waals surface area contributed by atoms with Gasteiger partial charge in [0.1, 0.15) is 17.3 Å². The third-order valence-corrected chi connectivity index (χ3v) is 3.13. The second kappa shape index (κ2) is 5.48. The summed E-state index contributed by atoms with van der Waals surface area (Å²) in [5.41, 5.74) is 0.556. The number of nitrogens with zero attached hydrogens (tertiary/aromatic N) is 2. The largest absolute Gasteiger partial charge is 0.466 e. The molecule has 0 saturated heterocycles. The number of nitrogens with one attached hydrogen (secondary N) is 2. The van der Waals surface area contributed by atoms with Crippen LogP contribution < -0.4 is 5.32 Å². The first-order valence-corrected chi connectivity index (χ1v) is 6.65. The average molecular weight is 276 g/mol. The van der Waals surface area contributed by atoms with Gasteiger partial charge < -0.3 is 9.73 Å². The third-order valence-electron chi connectivity index (χ3n) is 3.13. The molecular formula is C14H20N4O2. The maximum atomic E-state index is 12.3. The Bertz CT molecular complexity index is 612. The number of aryl methyl sites for hydroxylation is 3. The molecule has 0 aliphatic heterocycles. The zero-order valence-electron chi connectivity index (χ0n) is 12.4. The monoisotopic (exact) mass is 276 g/mol. The standard InChI is InChI=1S/C14H20N4O2/c1-7(2)12(13-15-10(5)17-18-13)16-14(19)11-6-8(3)20-9(11)4/h6-7,12H,1-5H3,(H,16,19)(H,15,17,18). The summed E-state index contributed by atoms with van der Waals surface area (Å²) in [4.78, 5) is 16.6. The Balaban J connectivity index is 2.21. The van der Waals surface area contributed by atoms with Crippen LogP contribution in [0.4, 0.5) is 0 Å². The van der Waals surface area contributed by atoms with E-state index in [1.807, 2.05) is 27.7 Å². The molecule has 2 aromatic heterocycles. The number of rotatable bonds is 4. The Labute approximate surface area is 118 Å². The van der Waals surface area contributed by atoms with Gasteiger partial charge in [0.25, 0.3) is 5.91 Å². The van der Waals surface area contributed by atoms with Crippen molar-refractivity contribution in [2.24, 2.45) is 5.92 Å². The number of carbonyl (C=O) groups excluding carboxylic acids is 1. The number of amides is 1. The molecule has 2 N–H and O–H groups in total. The van der Waals surface area contributed by atoms with Crippen molar-refractivity contribution in [3.05, 3.63) is 34.8 Å². The predicted molar refractivity (Wildman–Crippen MR) is 74.3 cm³/mol. The summed E-state index contributed by atoms with van der Waals surface area (Å²) >= 11 is 0. The van der Waals surface area contributed by atoms with E-state index in [0.29, 0.717) is 17.1 Å². The van der Waals surface area contributed by atoms with E-state index < -0.39 is 0 Å². The fraction of sp³-hybridized carbons (Fsp3) is 0.500. The summed E-state index contributed by atoms with van der Waals surface area (Å²) in [6, 6.07) is 1.51. The van der Waals surface area contributed by atoms with Gasteiger partial charge in [-0.1, -0.05) is 13.8 Å². The van der Waals surface area contributed by atoms with Gasteiger partial charge in [-0.3, -0.25) is 9.89 Å². The van der Waals surface area contributed by atoms with Gasteiger partial charge in [-0.05, 0) is 32.8 Å². The van der Waals surface area contributed by atoms with Gasteiger partial charge in [0.2, 0.25) is 0 Å². The highest BCUT2D eigenvalue weighted by Gasteiger charge is 2.24. The first kappa shape index (κ1) is 14.3. The zero-order chi connectivity index (χ0) is 14.9. The lowest BCUT2D eigenvalue weighted by molar-refractivity contribution is 0.0921. The van der Waals surface area contributed by atoms with Crippen molar-refractivity contribution in [1.82, 2.24) is 20.5 Å². The fourth-order valence-corrected chi connectivity index (χ4v) is 2.10. The highest BCUT2D eigenvalue weighted by Crippen LogP contribution is 2.20. The van der Waals surface area contributed by atoms with Crippen LogP contribution in [0.5, 0.6) is 0 Å². The van der Waals surface area contributed by atoms with E-state index in [-0.39, 0.29) is 17.9 Å². The predicted octanol–water partition coefficient (Wildman–Crippen LogP) is 2.45. The number of aromatic nitrogens is 3. The van der Waals surface area contributed by atoms with Crippen LogP contribution in [0.3, 0.4) is 0 Å². The lowest BCUT2D eigenvalue weighted by Crippen LogP contribution is -2.32. The average Bonchev–Trinajstić information content (AvgIpc) is 2.91. The minimum Gasteiger partial charge on any atom is -0.466 e. The number of H-pyrrole nitrogens is 1. The lowest BCUT2D eigenvalue weighted by Gasteiger charge is -2.19. The van der Waals surface area contributed by atoms with E-state index in [4.69, 9.17) is 4.42 Å². The number of furan rings is 1. The molecule has 0 radical (unpaired) electrons. The molecule has 0 aliphatic rings. The molecule has 2 aromatic rings. The van der Waals surface area contributed by atoms with Gasteiger partial charge in [0.05, 0.1) is 11.6 Å². The van der Waals surface area contributed by atoms with Gasteiger partial charge in [0, 0.05) is 0 Å². The van der Waals surface area contributed by atoms with Crippen LogP contribution in [0.2, 0.25) is 0 Å². The second-order valence-electron chi connectivity index (χ2n) is 5.30. The molecule has 0 bridgehead atoms. The molecule has 0 fully saturated rings. The van der Waals surface area contributed by atoms with Crippen LogP contribution in [0.1, 0.15) is 53.4 Å². The first-order valence-electron chi connectivity index (χ1n) is 6.65. The highest BCUT2D eigenvalue weighted by atomic mass is 16.3. The van der Waals surface area contributed by atoms with Crippen LogP contribution in [0, 0.1) is 26.7 Å². The van der Waals surface area contributed by atoms with Gasteiger partial charge >= 0.3 is 0 Å². The summed E-state index contributed by atoms with van der Waals surface area (Å²) < 4.78 is 5.39. The molecule has 20 heavy (non-hydrogen) atoms. The number of hydrogen-bond acceptors (Lipinski definition) is 4. The fourth-order valence-electron chi connectivity index (χ4n) is 2.10. The van der Waals surface area contributed by atoms with E-state index in [1.165, 1.54) is 0 Å². The lowest BCUT2D eigenvalue weighted by atomic mass is 10.0. The Hall–Kier alpha value is -2.11. The number of hydrogen-bond donors (Lipinski definition) is 2. The molecular weight excluding hydrogens is 256 g/mol. The van der Waals surface area contributed by atoms with Gasteiger partial charge in [-0.15, -0.1) is 0 Å². The SMILES string of the molecule is Cc1nc(C(NC(=O)c2cc(C)oc2C)C(C)C)n[nH]1. The van der Waals surface area contributed by atoms with Crippen LogP contribution in [0.15, 0.2) is 10.5 Å². The Morgan fingerprint density at radius 1 is 1.35 bits per heavy atom. The van der Waals surface area contributed by atoms with E-state index in [0.717, 1.165) is 11.6 Å². The van der Waals surface area contributed by atoms with Crippen molar-refractivity contribution in [3.8, 4) is 0 Å². The minimum absolute atomic E-state index is 0.166. The van der Waals surface area contributed by atoms with Gasteiger partial charge in [0.15, 0.2) is 5.82 Å². The molecule has 0 aliphatic carbocycles. The minimum atomic E-state index is -0.234. The molecule has 6 heteroatoms. The third kappa shape index (κ3) is 2.89. The molecule has 1 unspecified atom stereocenters. The molecule has 6 nitrogen and oxygen atoms in total. The van der Waals surface area contributed by atoms with Crippen molar-refractivity contribution in [2.75, 3.05) is 0 Å². The maximum Gasteiger partial charge on any atom is 0.255 e. The van der Waals surface area contributed by atoms with Gasteiger partial charge in [-0.2, -0.15) is 5.10 Å². The first-order chi connectivity index (χ1) is 9.38. The van der Waals surface area contributed by atoms with E-state index >= 15 is 0 Å². The summed E-state index contributed by atoms with van der Waals surface area (Å²) in [6.45, 7) is 9.47. The van der Waals surface area contributed by atoms with E-state index in [2.05, 4.69) is 20.5 Å². The van der Waals surface area contributed by atoms with E-state index in [1.54, 1.807) is 13.0 Å². The van der Waals surface area contributed by atoms with Crippen molar-refractivity contribution < 1.29 is 9.21 Å². The normalized spacial score (nSPS) is 12.7. The number of aromatic amines is 1. The van der Waals surface area contributed by atoms with Crippen LogP contribution in [0.25, 0.3) is 0 Å². The second-order valence-corrected chi connectivity index (χ2v) is 5.30. The van der Waals surface area contributed by atoms with E-state index in [9.17, 15) is 4.79 Å². The summed E-state index contributed by atoms with van der Waals surface area (Å²) in [5, 5.41) is 9.91. The van der Waals surface area contributed by atoms with Crippen molar-refractivity contribution >= 4 is 5.91 Å². The van der Waals surface area contributed by atoms with Crippen molar-refractivity contribution in [3.63, 3.8) is 0 Å². The summed E-state index contributed by atoms with van der Waals surface area (Å²) in [7, 11) is 0. The topological polar surface area (TPSA) is 83.8 Å². The molecule has 108 valence electrons.